The summed E-state index contributed by atoms with van der Waals surface area (Å²) < 4.78 is 0. The number of halogens is 2. The predicted octanol–water partition coefficient (Wildman–Crippen LogP) is 0.454. The highest BCUT2D eigenvalue weighted by atomic mass is 35.5. The highest BCUT2D eigenvalue weighted by Gasteiger charge is 1.95. The van der Waals surface area contributed by atoms with E-state index in [4.69, 9.17) is 11.6 Å². The minimum atomic E-state index is -0.477. The van der Waals surface area contributed by atoms with Crippen LogP contribution in [-0.4, -0.2) is 11.8 Å². The summed E-state index contributed by atoms with van der Waals surface area (Å²) in [6, 6.07) is 0. The molecule has 0 bridgehead atoms. The summed E-state index contributed by atoms with van der Waals surface area (Å²) in [5, 5.41) is 0. The lowest BCUT2D eigenvalue weighted by Crippen LogP contribution is -2.09. The van der Waals surface area contributed by atoms with E-state index < -0.39 is 5.97 Å². The molecule has 5 heteroatoms. The van der Waals surface area contributed by atoms with E-state index in [-0.39, 0.29) is 24.7 Å². The molecule has 0 heterocycles. The molecule has 0 atom stereocenters. The Morgan fingerprint density at radius 1 is 1.75 bits per heavy atom. The quantitative estimate of drug-likeness (QED) is 0.471. The van der Waals surface area contributed by atoms with E-state index >= 15 is 0 Å². The fourth-order valence-electron chi connectivity index (χ4n) is 0.136. The second kappa shape index (κ2) is 7.01. The van der Waals surface area contributed by atoms with E-state index in [9.17, 15) is 4.79 Å². The third-order valence-corrected chi connectivity index (χ3v) is 0.619. The third kappa shape index (κ3) is 6.01. The van der Waals surface area contributed by atoms with Crippen LogP contribution in [-0.2, 0) is 9.63 Å². The first kappa shape index (κ1) is 10.9. The molecule has 3 nitrogen and oxygen atoms in total. The molecule has 0 aliphatic rings. The van der Waals surface area contributed by atoms with Gasteiger partial charge in [0.25, 0.3) is 0 Å². The number of hydrogen-bond acceptors (Lipinski definition) is 3. The molecule has 0 radical (unpaired) electrons. The van der Waals surface area contributed by atoms with Crippen LogP contribution < -0.4 is 5.90 Å². The van der Waals surface area contributed by atoms with Crippen molar-refractivity contribution in [2.24, 2.45) is 5.90 Å². The van der Waals surface area contributed by atoms with Gasteiger partial charge in [-0.05, 0) is 0 Å². The number of nitrogens with two attached hydrogens (primary N) is 1. The van der Waals surface area contributed by atoms with Crippen molar-refractivity contribution in [3.63, 3.8) is 0 Å². The van der Waals surface area contributed by atoms with Gasteiger partial charge in [0.2, 0.25) is 0 Å². The molecule has 0 amide bonds. The number of rotatable bonds is 2. The molecule has 0 rings (SSSR count). The lowest BCUT2D eigenvalue weighted by molar-refractivity contribution is -0.143. The van der Waals surface area contributed by atoms with Gasteiger partial charge in [-0.25, -0.2) is 0 Å². The van der Waals surface area contributed by atoms with Crippen molar-refractivity contribution >= 4 is 30.0 Å². The molecule has 0 aliphatic heterocycles. The summed E-state index contributed by atoms with van der Waals surface area (Å²) in [5.41, 5.74) is 0. The van der Waals surface area contributed by atoms with Crippen LogP contribution in [0.1, 0.15) is 6.42 Å². The van der Waals surface area contributed by atoms with Crippen molar-refractivity contribution in [1.82, 2.24) is 0 Å². The third-order valence-electron chi connectivity index (χ3n) is 0.430. The summed E-state index contributed by atoms with van der Waals surface area (Å²) in [6.07, 6.45) is 0.179. The monoisotopic (exact) mass is 159 g/mol. The Morgan fingerprint density at radius 2 is 2.25 bits per heavy atom. The van der Waals surface area contributed by atoms with Crippen LogP contribution in [0.5, 0.6) is 0 Å². The van der Waals surface area contributed by atoms with Crippen LogP contribution in [0.15, 0.2) is 0 Å². The van der Waals surface area contributed by atoms with Crippen molar-refractivity contribution in [2.45, 2.75) is 6.42 Å². The molecule has 0 aromatic carbocycles. The predicted molar refractivity (Wildman–Crippen MR) is 32.9 cm³/mol. The normalized spacial score (nSPS) is 7.25. The van der Waals surface area contributed by atoms with E-state index in [1.165, 1.54) is 0 Å². The fourth-order valence-corrected chi connectivity index (χ4v) is 0.290. The molecular formula is C3H7Cl2NO2. The van der Waals surface area contributed by atoms with Gasteiger partial charge in [-0.3, -0.25) is 4.79 Å². The minimum absolute atomic E-state index is 0. The number of carbonyl (C=O) groups excluding carboxylic acids is 1. The first-order valence-electron chi connectivity index (χ1n) is 1.76. The first-order valence-corrected chi connectivity index (χ1v) is 2.30. The summed E-state index contributed by atoms with van der Waals surface area (Å²) in [7, 11) is 0. The summed E-state index contributed by atoms with van der Waals surface area (Å²) in [5.74, 6) is 4.23. The molecule has 0 saturated carbocycles. The summed E-state index contributed by atoms with van der Waals surface area (Å²) in [6.45, 7) is 0. The number of carbonyl (C=O) groups is 1. The Morgan fingerprint density at radius 3 is 2.38 bits per heavy atom. The van der Waals surface area contributed by atoms with Gasteiger partial charge in [0.05, 0.1) is 6.42 Å². The second-order valence-electron chi connectivity index (χ2n) is 0.929. The Bertz CT molecular complexity index is 68.3. The van der Waals surface area contributed by atoms with Gasteiger partial charge in [-0.15, -0.1) is 24.0 Å². The molecule has 0 aromatic heterocycles. The maximum Gasteiger partial charge on any atom is 0.325 e. The van der Waals surface area contributed by atoms with Gasteiger partial charge >= 0.3 is 5.97 Å². The van der Waals surface area contributed by atoms with Gasteiger partial charge in [0, 0.05) is 5.88 Å². The molecule has 0 saturated heterocycles. The number of hydrogen-bond donors (Lipinski definition) is 1. The average Bonchev–Trinajstić information content (AvgIpc) is 1.68. The topological polar surface area (TPSA) is 52.3 Å². The first-order chi connectivity index (χ1) is 3.31. The maximum atomic E-state index is 9.98. The van der Waals surface area contributed by atoms with E-state index in [1.807, 2.05) is 0 Å². The van der Waals surface area contributed by atoms with E-state index in [0.29, 0.717) is 0 Å². The maximum absolute atomic E-state index is 9.98. The Balaban J connectivity index is 0. The van der Waals surface area contributed by atoms with Crippen LogP contribution >= 0.6 is 24.0 Å². The summed E-state index contributed by atoms with van der Waals surface area (Å²) in [4.78, 5) is 13.7. The van der Waals surface area contributed by atoms with Crippen LogP contribution in [0, 0.1) is 0 Å². The zero-order chi connectivity index (χ0) is 5.70. The zero-order valence-corrected chi connectivity index (χ0v) is 5.67. The fraction of sp³-hybridized carbons (Fsp3) is 0.667. The van der Waals surface area contributed by atoms with E-state index in [2.05, 4.69) is 10.7 Å². The van der Waals surface area contributed by atoms with Crippen LogP contribution in [0.2, 0.25) is 0 Å². The van der Waals surface area contributed by atoms with Crippen molar-refractivity contribution in [3.8, 4) is 0 Å². The van der Waals surface area contributed by atoms with Crippen molar-refractivity contribution in [2.75, 3.05) is 5.88 Å². The number of alkyl halides is 1. The largest absolute Gasteiger partial charge is 0.373 e. The van der Waals surface area contributed by atoms with Crippen molar-refractivity contribution in [1.29, 1.82) is 0 Å². The van der Waals surface area contributed by atoms with Gasteiger partial charge < -0.3 is 4.84 Å². The molecule has 8 heavy (non-hydrogen) atoms. The Kier molecular flexibility index (Phi) is 9.55. The van der Waals surface area contributed by atoms with E-state index in [1.54, 1.807) is 0 Å². The van der Waals surface area contributed by atoms with E-state index in [0.717, 1.165) is 0 Å². The molecule has 0 aliphatic carbocycles. The standard InChI is InChI=1S/C3H6ClNO2.ClH/c4-2-1-3(6)7-5;/h1-2,5H2;1H. The highest BCUT2D eigenvalue weighted by Crippen LogP contribution is 1.83. The lowest BCUT2D eigenvalue weighted by Gasteiger charge is -1.88. The molecule has 0 spiro atoms. The minimum Gasteiger partial charge on any atom is -0.373 e. The smallest absolute Gasteiger partial charge is 0.325 e. The molecule has 0 fully saturated rings. The molecule has 2 N–H and O–H groups in total. The Labute approximate surface area is 58.5 Å². The average molecular weight is 160 g/mol. The molecular weight excluding hydrogens is 153 g/mol. The van der Waals surface area contributed by atoms with Crippen LogP contribution in [0.4, 0.5) is 0 Å². The molecule has 0 aromatic rings. The SMILES string of the molecule is Cl.NOC(=O)CCCl. The Hall–Kier alpha value is 0.01000. The zero-order valence-electron chi connectivity index (χ0n) is 4.09. The summed E-state index contributed by atoms with van der Waals surface area (Å²) >= 11 is 5.12. The van der Waals surface area contributed by atoms with Crippen LogP contribution in [0.25, 0.3) is 0 Å². The lowest BCUT2D eigenvalue weighted by atomic mass is 10.5. The van der Waals surface area contributed by atoms with Crippen LogP contribution in [0.3, 0.4) is 0 Å². The molecule has 0 unspecified atom stereocenters. The van der Waals surface area contributed by atoms with Crippen molar-refractivity contribution < 1.29 is 9.63 Å². The van der Waals surface area contributed by atoms with Gasteiger partial charge in [-0.2, -0.15) is 5.90 Å². The van der Waals surface area contributed by atoms with Crippen molar-refractivity contribution in [3.05, 3.63) is 0 Å². The van der Waals surface area contributed by atoms with Gasteiger partial charge in [0.1, 0.15) is 0 Å². The molecule has 50 valence electrons. The van der Waals surface area contributed by atoms with Gasteiger partial charge in [-0.1, -0.05) is 0 Å². The highest BCUT2D eigenvalue weighted by molar-refractivity contribution is 6.18. The van der Waals surface area contributed by atoms with Gasteiger partial charge in [0.15, 0.2) is 0 Å². The second-order valence-corrected chi connectivity index (χ2v) is 1.31.